The molecule has 0 atom stereocenters. The highest BCUT2D eigenvalue weighted by molar-refractivity contribution is 5.94. The van der Waals surface area contributed by atoms with E-state index in [1.165, 1.54) is 0 Å². The van der Waals surface area contributed by atoms with E-state index in [1.807, 2.05) is 20.8 Å². The number of carbonyl (C=O) groups is 1. The molecule has 2 heterocycles. The van der Waals surface area contributed by atoms with Gasteiger partial charge in [-0.25, -0.2) is 0 Å². The molecule has 20 heavy (non-hydrogen) atoms. The summed E-state index contributed by atoms with van der Waals surface area (Å²) in [4.78, 5) is 18.1. The highest BCUT2D eigenvalue weighted by atomic mass is 16.5. The SMILES string of the molecule is CCN(CC)C(=O)c1cncc(Nc2cc(C)on2)c1. The van der Waals surface area contributed by atoms with Gasteiger partial charge in [0.2, 0.25) is 0 Å². The standard InChI is InChI=1S/C14H18N4O2/c1-4-18(5-2)14(19)11-7-12(9-15-8-11)16-13-6-10(3)20-17-13/h6-9H,4-5H2,1-3H3,(H,16,17). The number of aromatic nitrogens is 2. The van der Waals surface area contributed by atoms with Crippen LogP contribution in [-0.2, 0) is 0 Å². The minimum absolute atomic E-state index is 0.0255. The third kappa shape index (κ3) is 3.14. The van der Waals surface area contributed by atoms with E-state index in [1.54, 1.807) is 29.4 Å². The summed E-state index contributed by atoms with van der Waals surface area (Å²) in [6.45, 7) is 7.08. The summed E-state index contributed by atoms with van der Waals surface area (Å²) in [7, 11) is 0. The first kappa shape index (κ1) is 14.0. The van der Waals surface area contributed by atoms with E-state index in [0.29, 0.717) is 30.2 Å². The number of anilines is 2. The smallest absolute Gasteiger partial charge is 0.255 e. The molecule has 1 amide bonds. The summed E-state index contributed by atoms with van der Waals surface area (Å²) in [5, 5.41) is 6.90. The molecule has 0 aliphatic heterocycles. The maximum absolute atomic E-state index is 12.2. The fourth-order valence-electron chi connectivity index (χ4n) is 1.89. The highest BCUT2D eigenvalue weighted by Gasteiger charge is 2.13. The topological polar surface area (TPSA) is 71.3 Å². The lowest BCUT2D eigenvalue weighted by atomic mass is 10.2. The summed E-state index contributed by atoms with van der Waals surface area (Å²) < 4.78 is 4.98. The third-order valence-electron chi connectivity index (χ3n) is 2.94. The molecular formula is C14H18N4O2. The van der Waals surface area contributed by atoms with Crippen molar-refractivity contribution >= 4 is 17.4 Å². The second kappa shape index (κ2) is 6.18. The van der Waals surface area contributed by atoms with E-state index in [4.69, 9.17) is 4.52 Å². The summed E-state index contributed by atoms with van der Waals surface area (Å²) in [6.07, 6.45) is 3.21. The lowest BCUT2D eigenvalue weighted by Crippen LogP contribution is -2.30. The minimum atomic E-state index is -0.0255. The van der Waals surface area contributed by atoms with Gasteiger partial charge in [-0.05, 0) is 26.8 Å². The van der Waals surface area contributed by atoms with Gasteiger partial charge in [-0.1, -0.05) is 5.16 Å². The lowest BCUT2D eigenvalue weighted by Gasteiger charge is -2.18. The zero-order chi connectivity index (χ0) is 14.5. The molecule has 0 fully saturated rings. The molecule has 0 bridgehead atoms. The van der Waals surface area contributed by atoms with Gasteiger partial charge in [0.05, 0.1) is 17.4 Å². The molecule has 106 valence electrons. The van der Waals surface area contributed by atoms with E-state index in [2.05, 4.69) is 15.5 Å². The van der Waals surface area contributed by atoms with Crippen molar-refractivity contribution < 1.29 is 9.32 Å². The van der Waals surface area contributed by atoms with Gasteiger partial charge in [0.25, 0.3) is 5.91 Å². The Labute approximate surface area is 117 Å². The van der Waals surface area contributed by atoms with E-state index >= 15 is 0 Å². The van der Waals surface area contributed by atoms with Crippen LogP contribution in [0, 0.1) is 6.92 Å². The minimum Gasteiger partial charge on any atom is -0.360 e. The van der Waals surface area contributed by atoms with Crippen LogP contribution in [0.5, 0.6) is 0 Å². The molecule has 0 saturated heterocycles. The van der Waals surface area contributed by atoms with Crippen molar-refractivity contribution in [3.05, 3.63) is 35.9 Å². The van der Waals surface area contributed by atoms with E-state index in [9.17, 15) is 4.79 Å². The van der Waals surface area contributed by atoms with Gasteiger partial charge in [0.15, 0.2) is 5.82 Å². The van der Waals surface area contributed by atoms with Crippen LogP contribution in [0.1, 0.15) is 30.0 Å². The molecule has 1 N–H and O–H groups in total. The Balaban J connectivity index is 2.17. The zero-order valence-electron chi connectivity index (χ0n) is 11.9. The van der Waals surface area contributed by atoms with Crippen molar-refractivity contribution in [2.24, 2.45) is 0 Å². The normalized spacial score (nSPS) is 10.3. The van der Waals surface area contributed by atoms with E-state index in [0.717, 1.165) is 5.76 Å². The lowest BCUT2D eigenvalue weighted by molar-refractivity contribution is 0.0772. The van der Waals surface area contributed by atoms with E-state index in [-0.39, 0.29) is 5.91 Å². The summed E-state index contributed by atoms with van der Waals surface area (Å²) in [5.41, 5.74) is 1.26. The maximum Gasteiger partial charge on any atom is 0.255 e. The molecule has 2 aromatic heterocycles. The van der Waals surface area contributed by atoms with Crippen molar-refractivity contribution in [3.8, 4) is 0 Å². The summed E-state index contributed by atoms with van der Waals surface area (Å²) in [5.74, 6) is 1.29. The Hall–Kier alpha value is -2.37. The van der Waals surface area contributed by atoms with Crippen molar-refractivity contribution in [1.29, 1.82) is 0 Å². The Bertz CT molecular complexity index is 590. The molecule has 0 unspecified atom stereocenters. The number of nitrogens with one attached hydrogen (secondary N) is 1. The molecular weight excluding hydrogens is 256 g/mol. The predicted octanol–water partition coefficient (Wildman–Crippen LogP) is 2.60. The number of pyridine rings is 1. The molecule has 0 saturated carbocycles. The molecule has 0 spiro atoms. The monoisotopic (exact) mass is 274 g/mol. The van der Waals surface area contributed by atoms with Gasteiger partial charge in [-0.2, -0.15) is 0 Å². The number of nitrogens with zero attached hydrogens (tertiary/aromatic N) is 3. The van der Waals surface area contributed by atoms with Crippen LogP contribution in [0.15, 0.2) is 29.0 Å². The Morgan fingerprint density at radius 2 is 2.05 bits per heavy atom. The molecule has 6 heteroatoms. The molecule has 6 nitrogen and oxygen atoms in total. The number of hydrogen-bond acceptors (Lipinski definition) is 5. The van der Waals surface area contributed by atoms with Crippen LogP contribution >= 0.6 is 0 Å². The molecule has 0 aromatic carbocycles. The van der Waals surface area contributed by atoms with Gasteiger partial charge in [-0.15, -0.1) is 0 Å². The quantitative estimate of drug-likeness (QED) is 0.907. The average Bonchev–Trinajstić information content (AvgIpc) is 2.85. The number of amides is 1. The van der Waals surface area contributed by atoms with Crippen molar-refractivity contribution in [2.45, 2.75) is 20.8 Å². The molecule has 2 rings (SSSR count). The summed E-state index contributed by atoms with van der Waals surface area (Å²) >= 11 is 0. The van der Waals surface area contributed by atoms with Crippen LogP contribution in [0.25, 0.3) is 0 Å². The van der Waals surface area contributed by atoms with Gasteiger partial charge < -0.3 is 14.7 Å². The second-order valence-corrected chi connectivity index (χ2v) is 4.39. The third-order valence-corrected chi connectivity index (χ3v) is 2.94. The average molecular weight is 274 g/mol. The molecule has 0 aliphatic rings. The number of carbonyl (C=O) groups excluding carboxylic acids is 1. The van der Waals surface area contributed by atoms with Crippen LogP contribution < -0.4 is 5.32 Å². The highest BCUT2D eigenvalue weighted by Crippen LogP contribution is 2.17. The first-order chi connectivity index (χ1) is 9.63. The van der Waals surface area contributed by atoms with Gasteiger partial charge in [-0.3, -0.25) is 9.78 Å². The molecule has 0 aliphatic carbocycles. The fraction of sp³-hybridized carbons (Fsp3) is 0.357. The Morgan fingerprint density at radius 3 is 2.65 bits per heavy atom. The maximum atomic E-state index is 12.2. The molecule has 0 radical (unpaired) electrons. The second-order valence-electron chi connectivity index (χ2n) is 4.39. The van der Waals surface area contributed by atoms with Gasteiger partial charge >= 0.3 is 0 Å². The van der Waals surface area contributed by atoms with Crippen LogP contribution in [-0.4, -0.2) is 34.0 Å². The van der Waals surface area contributed by atoms with Crippen molar-refractivity contribution in [2.75, 3.05) is 18.4 Å². The largest absolute Gasteiger partial charge is 0.360 e. The van der Waals surface area contributed by atoms with Gasteiger partial charge in [0, 0.05) is 25.4 Å². The predicted molar refractivity (Wildman–Crippen MR) is 76.0 cm³/mol. The first-order valence-corrected chi connectivity index (χ1v) is 6.58. The Morgan fingerprint density at radius 1 is 1.30 bits per heavy atom. The first-order valence-electron chi connectivity index (χ1n) is 6.58. The van der Waals surface area contributed by atoms with Gasteiger partial charge in [0.1, 0.15) is 5.76 Å². The summed E-state index contributed by atoms with van der Waals surface area (Å²) in [6, 6.07) is 3.54. The van der Waals surface area contributed by atoms with Crippen LogP contribution in [0.4, 0.5) is 11.5 Å². The van der Waals surface area contributed by atoms with Crippen molar-refractivity contribution in [3.63, 3.8) is 0 Å². The van der Waals surface area contributed by atoms with Crippen LogP contribution in [0.2, 0.25) is 0 Å². The van der Waals surface area contributed by atoms with Crippen LogP contribution in [0.3, 0.4) is 0 Å². The van der Waals surface area contributed by atoms with Crippen molar-refractivity contribution in [1.82, 2.24) is 15.0 Å². The number of rotatable bonds is 5. The fourth-order valence-corrected chi connectivity index (χ4v) is 1.89. The zero-order valence-corrected chi connectivity index (χ0v) is 11.9. The number of aryl methyl sites for hydroxylation is 1. The number of hydrogen-bond donors (Lipinski definition) is 1. The molecule has 2 aromatic rings. The Kier molecular flexibility index (Phi) is 4.34. The van der Waals surface area contributed by atoms with E-state index < -0.39 is 0 Å².